The number of nitrogens with zero attached hydrogens (tertiary/aromatic N) is 2. The summed E-state index contributed by atoms with van der Waals surface area (Å²) in [5.74, 6) is -1.07. The highest BCUT2D eigenvalue weighted by Crippen LogP contribution is 2.46. The third kappa shape index (κ3) is 4.29. The first kappa shape index (κ1) is 28.5. The van der Waals surface area contributed by atoms with Crippen LogP contribution in [-0.4, -0.2) is 47.0 Å². The molecule has 2 heterocycles. The maximum atomic E-state index is 13.8. The van der Waals surface area contributed by atoms with Gasteiger partial charge in [0.25, 0.3) is 23.6 Å². The number of fused-ring (bicyclic) bond motifs is 2. The molecule has 0 N–H and O–H groups in total. The molecule has 0 aliphatic carbocycles. The van der Waals surface area contributed by atoms with Crippen molar-refractivity contribution in [3.05, 3.63) is 70.8 Å². The summed E-state index contributed by atoms with van der Waals surface area (Å²) in [4.78, 5) is 56.2. The molecule has 6 nitrogen and oxygen atoms in total. The maximum Gasteiger partial charge on any atom is 0.261 e. The van der Waals surface area contributed by atoms with Crippen LogP contribution in [0.1, 0.15) is 119 Å². The summed E-state index contributed by atoms with van der Waals surface area (Å²) in [7, 11) is 1.51. The zero-order valence-corrected chi connectivity index (χ0v) is 25.6. The third-order valence-corrected chi connectivity index (χ3v) is 9.91. The fourth-order valence-corrected chi connectivity index (χ4v) is 7.58. The molecule has 0 fully saturated rings. The van der Waals surface area contributed by atoms with Crippen molar-refractivity contribution >= 4 is 66.7 Å². The first-order valence-electron chi connectivity index (χ1n) is 16.3. The van der Waals surface area contributed by atoms with Crippen LogP contribution >= 0.6 is 0 Å². The highest BCUT2D eigenvalue weighted by atomic mass is 16.2. The van der Waals surface area contributed by atoms with Gasteiger partial charge in [0.2, 0.25) is 0 Å². The smallest absolute Gasteiger partial charge is 0.261 e. The van der Waals surface area contributed by atoms with E-state index in [1.54, 1.807) is 12.1 Å². The summed E-state index contributed by atoms with van der Waals surface area (Å²) in [5, 5.41) is 6.78. The van der Waals surface area contributed by atoms with E-state index < -0.39 is 0 Å². The summed E-state index contributed by atoms with van der Waals surface area (Å²) in [6.07, 6.45) is 13.4. The van der Waals surface area contributed by atoms with Crippen LogP contribution in [0, 0.1) is 0 Å². The predicted octanol–water partition coefficient (Wildman–Crippen LogP) is 8.87. The van der Waals surface area contributed by atoms with Crippen molar-refractivity contribution in [2.75, 3.05) is 13.6 Å². The monoisotopic (exact) mass is 586 g/mol. The van der Waals surface area contributed by atoms with Gasteiger partial charge in [0, 0.05) is 46.6 Å². The van der Waals surface area contributed by atoms with Gasteiger partial charge in [-0.25, -0.2) is 0 Å². The van der Waals surface area contributed by atoms with Gasteiger partial charge in [-0.15, -0.1) is 0 Å². The Balaban J connectivity index is 1.17. The minimum atomic E-state index is -0.309. The van der Waals surface area contributed by atoms with Crippen LogP contribution in [0.4, 0.5) is 0 Å². The molecule has 7 rings (SSSR count). The van der Waals surface area contributed by atoms with Crippen LogP contribution in [-0.2, 0) is 0 Å². The SMILES string of the molecule is CCCCCCCCCCCCCN1C(=O)c2ccc3c4ccc5c6c(ccc(c7ccc(c2c37)C1=O)c64)C(=O)N(C)C5=O. The average molecular weight is 587 g/mol. The molecule has 0 radical (unpaired) electrons. The van der Waals surface area contributed by atoms with E-state index in [1.807, 2.05) is 36.4 Å². The predicted molar refractivity (Wildman–Crippen MR) is 176 cm³/mol. The third-order valence-electron chi connectivity index (χ3n) is 9.91. The molecular formula is C38H38N2O4. The molecular weight excluding hydrogens is 548 g/mol. The Labute approximate surface area is 257 Å². The molecule has 2 aliphatic rings. The Morgan fingerprint density at radius 2 is 0.773 bits per heavy atom. The normalized spacial score (nSPS) is 14.9. The van der Waals surface area contributed by atoms with Crippen molar-refractivity contribution in [1.82, 2.24) is 9.80 Å². The van der Waals surface area contributed by atoms with Crippen molar-refractivity contribution in [1.29, 1.82) is 0 Å². The molecule has 2 aliphatic heterocycles. The van der Waals surface area contributed by atoms with Gasteiger partial charge in [-0.3, -0.25) is 29.0 Å². The fourth-order valence-electron chi connectivity index (χ4n) is 7.58. The molecule has 44 heavy (non-hydrogen) atoms. The number of imide groups is 2. The first-order chi connectivity index (χ1) is 21.4. The first-order valence-corrected chi connectivity index (χ1v) is 16.3. The van der Waals surface area contributed by atoms with Crippen LogP contribution < -0.4 is 0 Å². The second-order valence-electron chi connectivity index (χ2n) is 12.6. The van der Waals surface area contributed by atoms with E-state index in [4.69, 9.17) is 0 Å². The van der Waals surface area contributed by atoms with Crippen molar-refractivity contribution in [2.24, 2.45) is 0 Å². The van der Waals surface area contributed by atoms with E-state index in [0.717, 1.165) is 51.6 Å². The second kappa shape index (κ2) is 11.3. The summed E-state index contributed by atoms with van der Waals surface area (Å²) in [6, 6.07) is 15.1. The lowest BCUT2D eigenvalue weighted by molar-refractivity contribution is 0.0603. The lowest BCUT2D eigenvalue weighted by atomic mass is 9.82. The van der Waals surface area contributed by atoms with Crippen molar-refractivity contribution in [2.45, 2.75) is 77.6 Å². The molecule has 4 amide bonds. The molecule has 0 saturated carbocycles. The van der Waals surface area contributed by atoms with Crippen molar-refractivity contribution in [3.63, 3.8) is 0 Å². The largest absolute Gasteiger partial charge is 0.277 e. The second-order valence-corrected chi connectivity index (χ2v) is 12.6. The molecule has 0 unspecified atom stereocenters. The molecule has 0 saturated heterocycles. The molecule has 6 heteroatoms. The molecule has 5 aromatic carbocycles. The molecule has 5 aromatic rings. The number of rotatable bonds is 12. The Morgan fingerprint density at radius 1 is 0.432 bits per heavy atom. The molecule has 0 aromatic heterocycles. The van der Waals surface area contributed by atoms with Gasteiger partial charge < -0.3 is 0 Å². The van der Waals surface area contributed by atoms with Gasteiger partial charge in [-0.05, 0) is 63.0 Å². The highest BCUT2D eigenvalue weighted by Gasteiger charge is 2.35. The zero-order valence-electron chi connectivity index (χ0n) is 25.6. The van der Waals surface area contributed by atoms with Crippen LogP contribution in [0.15, 0.2) is 48.5 Å². The Morgan fingerprint density at radius 3 is 1.16 bits per heavy atom. The van der Waals surface area contributed by atoms with Gasteiger partial charge in [0.05, 0.1) is 0 Å². The summed E-state index contributed by atoms with van der Waals surface area (Å²) < 4.78 is 0. The molecule has 0 atom stereocenters. The minimum Gasteiger partial charge on any atom is -0.277 e. The van der Waals surface area contributed by atoms with Crippen molar-refractivity contribution < 1.29 is 19.2 Å². The summed E-state index contributed by atoms with van der Waals surface area (Å²) >= 11 is 0. The minimum absolute atomic E-state index is 0.228. The standard InChI is InChI=1S/C38H38N2O4/c1-3-4-5-6-7-8-9-10-11-12-13-22-40-37(43)29-20-16-25-23-14-18-27-33-28(36(42)39(2)35(27)41)19-15-24(31(23)33)26-17-21-30(38(40)44)34(29)32(25)26/h14-21H,3-13,22H2,1-2H3. The van der Waals surface area contributed by atoms with Gasteiger partial charge in [-0.2, -0.15) is 0 Å². The van der Waals surface area contributed by atoms with Gasteiger partial charge >= 0.3 is 0 Å². The number of carbonyl (C=O) groups excluding carboxylic acids is 4. The summed E-state index contributed by atoms with van der Waals surface area (Å²) in [6.45, 7) is 2.68. The van der Waals surface area contributed by atoms with E-state index in [9.17, 15) is 19.2 Å². The number of carbonyl (C=O) groups is 4. The van der Waals surface area contributed by atoms with E-state index in [0.29, 0.717) is 39.6 Å². The van der Waals surface area contributed by atoms with Gasteiger partial charge in [-0.1, -0.05) is 95.4 Å². The highest BCUT2D eigenvalue weighted by molar-refractivity contribution is 6.41. The van der Waals surface area contributed by atoms with E-state index in [1.165, 1.54) is 68.2 Å². The summed E-state index contributed by atoms with van der Waals surface area (Å²) in [5.41, 5.74) is 2.15. The fraction of sp³-hybridized carbons (Fsp3) is 0.368. The van der Waals surface area contributed by atoms with Crippen LogP contribution in [0.3, 0.4) is 0 Å². The number of unbranched alkanes of at least 4 members (excludes halogenated alkanes) is 10. The number of hydrogen-bond donors (Lipinski definition) is 0. The topological polar surface area (TPSA) is 74.8 Å². The molecule has 0 spiro atoms. The zero-order chi connectivity index (χ0) is 30.5. The van der Waals surface area contributed by atoms with E-state index in [2.05, 4.69) is 6.92 Å². The lowest BCUT2D eigenvalue weighted by Crippen LogP contribution is -2.40. The van der Waals surface area contributed by atoms with Crippen molar-refractivity contribution in [3.8, 4) is 0 Å². The van der Waals surface area contributed by atoms with Crippen LogP contribution in [0.25, 0.3) is 43.1 Å². The number of hydrogen-bond acceptors (Lipinski definition) is 4. The lowest BCUT2D eigenvalue weighted by Gasteiger charge is -2.29. The Kier molecular flexibility index (Phi) is 7.31. The van der Waals surface area contributed by atoms with Crippen LogP contribution in [0.2, 0.25) is 0 Å². The Bertz CT molecular complexity index is 1870. The molecule has 224 valence electrons. The van der Waals surface area contributed by atoms with Crippen LogP contribution in [0.5, 0.6) is 0 Å². The quantitative estimate of drug-likeness (QED) is 0.0633. The van der Waals surface area contributed by atoms with E-state index in [-0.39, 0.29) is 23.6 Å². The number of amides is 4. The average Bonchev–Trinajstić information content (AvgIpc) is 3.04. The maximum absolute atomic E-state index is 13.8. The van der Waals surface area contributed by atoms with E-state index >= 15 is 0 Å². The van der Waals surface area contributed by atoms with Gasteiger partial charge in [0.15, 0.2) is 0 Å². The Hall–Kier alpha value is -4.32. The number of benzene rings is 5. The molecule has 0 bridgehead atoms. The van der Waals surface area contributed by atoms with Gasteiger partial charge in [0.1, 0.15) is 0 Å².